The van der Waals surface area contributed by atoms with Gasteiger partial charge >= 0.3 is 5.97 Å². The monoisotopic (exact) mass is 653 g/mol. The number of hydrogen-bond donors (Lipinski definition) is 0. The van der Waals surface area contributed by atoms with Gasteiger partial charge in [-0.05, 0) is 110 Å². The van der Waals surface area contributed by atoms with Gasteiger partial charge in [0.1, 0.15) is 6.10 Å². The molecule has 47 heavy (non-hydrogen) atoms. The molecule has 0 radical (unpaired) electrons. The third-order valence-corrected chi connectivity index (χ3v) is 15.1. The largest absolute Gasteiger partial charge is 0.462 e. The summed E-state index contributed by atoms with van der Waals surface area (Å²) in [5.74, 6) is 6.18. The van der Waals surface area contributed by atoms with Crippen LogP contribution in [0.1, 0.15) is 209 Å². The van der Waals surface area contributed by atoms with Gasteiger partial charge in [-0.2, -0.15) is 0 Å². The van der Waals surface area contributed by atoms with Crippen molar-refractivity contribution >= 4 is 5.97 Å². The molecule has 4 aliphatic rings. The van der Waals surface area contributed by atoms with Gasteiger partial charge < -0.3 is 4.74 Å². The Morgan fingerprint density at radius 3 is 2.04 bits per heavy atom. The average molecular weight is 653 g/mol. The first kappa shape index (κ1) is 39.0. The van der Waals surface area contributed by atoms with Crippen LogP contribution in [0.2, 0.25) is 0 Å². The summed E-state index contributed by atoms with van der Waals surface area (Å²) in [7, 11) is 0. The third-order valence-electron chi connectivity index (χ3n) is 15.1. The standard InChI is InChI=1S/C45H80O2/c1-8-10-11-12-13-14-15-16-17-18-19-20-21-22-43(46)47-38-29-31-44(6)37(33-38)25-26-39-41-28-27-40(45(41,7)32-30-42(39)44)35(5)23-24-36(9-2)34(3)4/h25,34-36,38-42H,8-24,26-33H2,1-7H3/t35-,36-,38+,39+,40?,41+,42+,44+,45-/m1/s1. The van der Waals surface area contributed by atoms with E-state index < -0.39 is 0 Å². The maximum Gasteiger partial charge on any atom is 0.306 e. The minimum Gasteiger partial charge on any atom is -0.462 e. The summed E-state index contributed by atoms with van der Waals surface area (Å²) in [6.45, 7) is 17.5. The maximum absolute atomic E-state index is 12.8. The van der Waals surface area contributed by atoms with E-state index in [0.717, 1.165) is 60.7 Å². The number of allylic oxidation sites excluding steroid dienone is 1. The predicted octanol–water partition coefficient (Wildman–Crippen LogP) is 14.1. The molecule has 0 bridgehead atoms. The van der Waals surface area contributed by atoms with Crippen LogP contribution in [0.25, 0.3) is 0 Å². The van der Waals surface area contributed by atoms with Crippen LogP contribution in [0.5, 0.6) is 0 Å². The van der Waals surface area contributed by atoms with Gasteiger partial charge in [0.05, 0.1) is 0 Å². The molecular formula is C45H80O2. The lowest BCUT2D eigenvalue weighted by Crippen LogP contribution is -2.51. The molecule has 4 aliphatic carbocycles. The molecule has 3 fully saturated rings. The topological polar surface area (TPSA) is 26.3 Å². The van der Waals surface area contributed by atoms with Gasteiger partial charge in [-0.1, -0.05) is 150 Å². The van der Waals surface area contributed by atoms with Crippen LogP contribution in [0, 0.1) is 52.3 Å². The zero-order valence-electron chi connectivity index (χ0n) is 32.7. The summed E-state index contributed by atoms with van der Waals surface area (Å²) in [6, 6.07) is 0. The van der Waals surface area contributed by atoms with Gasteiger partial charge in [-0.15, -0.1) is 0 Å². The number of carbonyl (C=O) groups excluding carboxylic acids is 1. The SMILES string of the molecule is CCCCCCCCCCCCCCCC(=O)O[C@H]1CC[C@@]2(C)C(=CC[C@@H]3[C@@H]2CC[C@]2(C)C([C@H](C)CC[C@@H](CC)C(C)C)CC[C@@H]32)C1. The molecule has 1 unspecified atom stereocenters. The molecule has 0 spiro atoms. The lowest BCUT2D eigenvalue weighted by molar-refractivity contribution is -0.151. The number of rotatable bonds is 21. The Kier molecular flexibility index (Phi) is 15.8. The lowest BCUT2D eigenvalue weighted by Gasteiger charge is -2.58. The quantitative estimate of drug-likeness (QED) is 0.0700. The zero-order chi connectivity index (χ0) is 33.9. The smallest absolute Gasteiger partial charge is 0.306 e. The number of unbranched alkanes of at least 4 members (excludes halogenated alkanes) is 12. The third kappa shape index (κ3) is 10.1. The summed E-state index contributed by atoms with van der Waals surface area (Å²) >= 11 is 0. The van der Waals surface area contributed by atoms with Crippen molar-refractivity contribution in [3.05, 3.63) is 11.6 Å². The Morgan fingerprint density at radius 2 is 1.43 bits per heavy atom. The normalized spacial score (nSPS) is 33.1. The Morgan fingerprint density at radius 1 is 0.787 bits per heavy atom. The summed E-state index contributed by atoms with van der Waals surface area (Å²) in [4.78, 5) is 12.8. The van der Waals surface area contributed by atoms with E-state index in [0.29, 0.717) is 17.3 Å². The van der Waals surface area contributed by atoms with Crippen LogP contribution in [-0.4, -0.2) is 12.1 Å². The lowest BCUT2D eigenvalue weighted by atomic mass is 9.47. The second-order valence-electron chi connectivity index (χ2n) is 18.3. The molecule has 0 aliphatic heterocycles. The highest BCUT2D eigenvalue weighted by atomic mass is 16.5. The van der Waals surface area contributed by atoms with Gasteiger partial charge in [-0.25, -0.2) is 0 Å². The molecule has 0 N–H and O–H groups in total. The maximum atomic E-state index is 12.8. The number of carbonyl (C=O) groups is 1. The van der Waals surface area contributed by atoms with Gasteiger partial charge in [0.25, 0.3) is 0 Å². The first-order chi connectivity index (χ1) is 22.6. The Hall–Kier alpha value is -0.790. The molecule has 0 aromatic carbocycles. The number of esters is 1. The minimum atomic E-state index is 0.0640. The summed E-state index contributed by atoms with van der Waals surface area (Å²) in [6.07, 6.45) is 35.4. The van der Waals surface area contributed by atoms with E-state index in [4.69, 9.17) is 4.74 Å². The van der Waals surface area contributed by atoms with Crippen LogP contribution < -0.4 is 0 Å². The average Bonchev–Trinajstić information content (AvgIpc) is 3.41. The van der Waals surface area contributed by atoms with E-state index in [9.17, 15) is 4.79 Å². The van der Waals surface area contributed by atoms with Crippen molar-refractivity contribution < 1.29 is 9.53 Å². The minimum absolute atomic E-state index is 0.0640. The van der Waals surface area contributed by atoms with Crippen molar-refractivity contribution in [3.63, 3.8) is 0 Å². The van der Waals surface area contributed by atoms with Crippen molar-refractivity contribution in [1.29, 1.82) is 0 Å². The van der Waals surface area contributed by atoms with Crippen LogP contribution >= 0.6 is 0 Å². The van der Waals surface area contributed by atoms with Gasteiger partial charge in [0, 0.05) is 12.8 Å². The first-order valence-electron chi connectivity index (χ1n) is 21.5. The Labute approximate surface area is 293 Å². The molecule has 0 aromatic rings. The van der Waals surface area contributed by atoms with E-state index in [1.807, 2.05) is 0 Å². The van der Waals surface area contributed by atoms with Crippen molar-refractivity contribution in [3.8, 4) is 0 Å². The molecule has 2 heteroatoms. The molecule has 0 aromatic heterocycles. The van der Waals surface area contributed by atoms with E-state index in [2.05, 4.69) is 54.5 Å². The molecule has 0 amide bonds. The first-order valence-corrected chi connectivity index (χ1v) is 21.5. The molecule has 0 heterocycles. The second kappa shape index (κ2) is 19.0. The van der Waals surface area contributed by atoms with Crippen LogP contribution in [0.4, 0.5) is 0 Å². The highest BCUT2D eigenvalue weighted by molar-refractivity contribution is 5.69. The van der Waals surface area contributed by atoms with Crippen molar-refractivity contribution in [2.45, 2.75) is 215 Å². The van der Waals surface area contributed by atoms with Gasteiger partial charge in [-0.3, -0.25) is 4.79 Å². The summed E-state index contributed by atoms with van der Waals surface area (Å²) < 4.78 is 6.14. The summed E-state index contributed by atoms with van der Waals surface area (Å²) in [5.41, 5.74) is 2.52. The molecule has 9 atom stereocenters. The Balaban J connectivity index is 1.16. The van der Waals surface area contributed by atoms with E-state index in [-0.39, 0.29) is 12.1 Å². The highest BCUT2D eigenvalue weighted by Crippen LogP contribution is 2.67. The van der Waals surface area contributed by atoms with Gasteiger partial charge in [0.2, 0.25) is 0 Å². The fourth-order valence-electron chi connectivity index (χ4n) is 11.9. The van der Waals surface area contributed by atoms with Crippen molar-refractivity contribution in [1.82, 2.24) is 0 Å². The molecule has 2 nitrogen and oxygen atoms in total. The van der Waals surface area contributed by atoms with E-state index in [1.165, 1.54) is 135 Å². The molecule has 4 rings (SSSR count). The Bertz CT molecular complexity index is 950. The number of fused-ring (bicyclic) bond motifs is 5. The highest BCUT2D eigenvalue weighted by Gasteiger charge is 2.59. The van der Waals surface area contributed by atoms with Crippen molar-refractivity contribution in [2.75, 3.05) is 0 Å². The molecule has 0 saturated heterocycles. The zero-order valence-corrected chi connectivity index (χ0v) is 32.7. The fraction of sp³-hybridized carbons (Fsp3) is 0.933. The predicted molar refractivity (Wildman–Crippen MR) is 202 cm³/mol. The van der Waals surface area contributed by atoms with E-state index >= 15 is 0 Å². The summed E-state index contributed by atoms with van der Waals surface area (Å²) in [5, 5.41) is 0. The van der Waals surface area contributed by atoms with Crippen molar-refractivity contribution in [2.24, 2.45) is 52.3 Å². The van der Waals surface area contributed by atoms with Crippen LogP contribution in [-0.2, 0) is 9.53 Å². The van der Waals surface area contributed by atoms with Crippen LogP contribution in [0.15, 0.2) is 11.6 Å². The van der Waals surface area contributed by atoms with Crippen LogP contribution in [0.3, 0.4) is 0 Å². The van der Waals surface area contributed by atoms with Gasteiger partial charge in [0.15, 0.2) is 0 Å². The second-order valence-corrected chi connectivity index (χ2v) is 18.3. The fourth-order valence-corrected chi connectivity index (χ4v) is 11.9. The molecule has 272 valence electrons. The number of hydrogen-bond acceptors (Lipinski definition) is 2. The molecular weight excluding hydrogens is 572 g/mol. The number of ether oxygens (including phenoxy) is 1. The molecule has 3 saturated carbocycles. The van der Waals surface area contributed by atoms with E-state index in [1.54, 1.807) is 5.57 Å².